The number of nitrogens with one attached hydrogen (secondary N) is 2. The van der Waals surface area contributed by atoms with Crippen LogP contribution in [0.3, 0.4) is 0 Å². The molecule has 12 heteroatoms. The van der Waals surface area contributed by atoms with E-state index in [0.29, 0.717) is 55.8 Å². The topological polar surface area (TPSA) is 134 Å². The minimum absolute atomic E-state index is 0.0457. The van der Waals surface area contributed by atoms with E-state index in [-0.39, 0.29) is 30.1 Å². The van der Waals surface area contributed by atoms with Crippen molar-refractivity contribution >= 4 is 35.6 Å². The van der Waals surface area contributed by atoms with Crippen LogP contribution in [0.4, 0.5) is 19.7 Å². The van der Waals surface area contributed by atoms with Crippen molar-refractivity contribution in [3.63, 3.8) is 0 Å². The van der Waals surface area contributed by atoms with Crippen LogP contribution in [0.2, 0.25) is 0 Å². The molecule has 0 aromatic heterocycles. The van der Waals surface area contributed by atoms with Gasteiger partial charge in [-0.05, 0) is 113 Å². The van der Waals surface area contributed by atoms with Gasteiger partial charge in [0.2, 0.25) is 17.4 Å². The molecule has 7 rings (SSSR count). The SMILES string of the molecule is CC(C)(C)OC(=O)NC1(C(=O)Nc2ccc3c(c2)CC[C@]32OC(=O)N(CC(=O)N3Cc4ccc(F)cc4CCC3C3CC3)C2=O)CC1. The van der Waals surface area contributed by atoms with Gasteiger partial charge in [-0.15, -0.1) is 0 Å². The highest BCUT2D eigenvalue weighted by atomic mass is 19.1. The summed E-state index contributed by atoms with van der Waals surface area (Å²) in [5.74, 6) is -1.24. The smallest absolute Gasteiger partial charge is 0.418 e. The number of halogens is 1. The summed E-state index contributed by atoms with van der Waals surface area (Å²) in [5.41, 5.74) is 0.226. The van der Waals surface area contributed by atoms with Crippen molar-refractivity contribution in [2.45, 2.75) is 101 Å². The van der Waals surface area contributed by atoms with E-state index in [9.17, 15) is 28.4 Å². The number of benzene rings is 2. The number of nitrogens with zero attached hydrogens (tertiary/aromatic N) is 2. The Balaban J connectivity index is 1.04. The lowest BCUT2D eigenvalue weighted by atomic mass is 9.94. The molecular formula is C35H39FN4O7. The van der Waals surface area contributed by atoms with Crippen molar-refractivity contribution in [1.29, 1.82) is 0 Å². The maximum atomic E-state index is 14.0. The van der Waals surface area contributed by atoms with Crippen LogP contribution in [-0.2, 0) is 48.8 Å². The summed E-state index contributed by atoms with van der Waals surface area (Å²) in [4.78, 5) is 69.0. The molecule has 3 aliphatic carbocycles. The number of hydrogen-bond donors (Lipinski definition) is 2. The van der Waals surface area contributed by atoms with Crippen LogP contribution in [0.15, 0.2) is 36.4 Å². The normalized spacial score (nSPS) is 24.3. The summed E-state index contributed by atoms with van der Waals surface area (Å²) in [6.45, 7) is 5.10. The predicted octanol–water partition coefficient (Wildman–Crippen LogP) is 4.70. The average Bonchev–Trinajstić information content (AvgIpc) is 3.92. The maximum Gasteiger partial charge on any atom is 0.418 e. The fourth-order valence-electron chi connectivity index (χ4n) is 7.23. The molecule has 1 unspecified atom stereocenters. The van der Waals surface area contributed by atoms with Gasteiger partial charge >= 0.3 is 12.2 Å². The number of carbonyl (C=O) groups is 5. The summed E-state index contributed by atoms with van der Waals surface area (Å²) in [5, 5.41) is 5.55. The summed E-state index contributed by atoms with van der Waals surface area (Å²) >= 11 is 0. The minimum Gasteiger partial charge on any atom is -0.444 e. The molecule has 0 radical (unpaired) electrons. The van der Waals surface area contributed by atoms with Crippen molar-refractivity contribution in [2.75, 3.05) is 11.9 Å². The Hall–Kier alpha value is -4.48. The fourth-order valence-corrected chi connectivity index (χ4v) is 7.23. The largest absolute Gasteiger partial charge is 0.444 e. The minimum atomic E-state index is -1.54. The quantitative estimate of drug-likeness (QED) is 0.465. The molecule has 2 atom stereocenters. The Morgan fingerprint density at radius 3 is 2.45 bits per heavy atom. The Labute approximate surface area is 272 Å². The van der Waals surface area contributed by atoms with Crippen LogP contribution in [0.1, 0.15) is 81.5 Å². The highest BCUT2D eigenvalue weighted by Crippen LogP contribution is 2.47. The average molecular weight is 647 g/mol. The van der Waals surface area contributed by atoms with Crippen molar-refractivity contribution in [3.8, 4) is 0 Å². The number of rotatable bonds is 6. The van der Waals surface area contributed by atoms with Gasteiger partial charge in [-0.2, -0.15) is 0 Å². The van der Waals surface area contributed by atoms with E-state index < -0.39 is 41.4 Å². The molecule has 2 aliphatic heterocycles. The van der Waals surface area contributed by atoms with E-state index in [1.807, 2.05) is 0 Å². The first-order chi connectivity index (χ1) is 22.3. The molecule has 5 aliphatic rings. The number of fused-ring (bicyclic) bond motifs is 3. The van der Waals surface area contributed by atoms with Gasteiger partial charge in [-0.1, -0.05) is 12.1 Å². The van der Waals surface area contributed by atoms with Gasteiger partial charge in [0.25, 0.3) is 5.91 Å². The number of imide groups is 1. The van der Waals surface area contributed by atoms with E-state index in [4.69, 9.17) is 9.47 Å². The van der Waals surface area contributed by atoms with E-state index in [2.05, 4.69) is 10.6 Å². The molecule has 2 N–H and O–H groups in total. The Morgan fingerprint density at radius 2 is 1.74 bits per heavy atom. The fraction of sp³-hybridized carbons (Fsp3) is 0.514. The third kappa shape index (κ3) is 5.82. The number of alkyl carbamates (subject to hydrolysis) is 1. The second-order valence-electron chi connectivity index (χ2n) is 14.5. The molecule has 2 heterocycles. The zero-order chi connectivity index (χ0) is 33.3. The standard InChI is InChI=1S/C35H39FN4O7/c1-33(2,3)46-31(44)38-34(14-15-34)29(42)37-25-9-10-26-22(17-25)12-13-35(26)30(43)40(32(45)47-35)19-28(41)39-18-23-6-8-24(36)16-21(23)7-11-27(39)20-4-5-20/h6,8-10,16-17,20,27H,4-5,7,11-15,18-19H2,1-3H3,(H,37,42)(H,38,44)/t27?,35-/m0/s1. The van der Waals surface area contributed by atoms with Gasteiger partial charge in [0.05, 0.1) is 0 Å². The summed E-state index contributed by atoms with van der Waals surface area (Å²) in [7, 11) is 0. The lowest BCUT2D eigenvalue weighted by molar-refractivity contribution is -0.143. The maximum absolute atomic E-state index is 14.0. The van der Waals surface area contributed by atoms with Gasteiger partial charge < -0.3 is 25.0 Å². The van der Waals surface area contributed by atoms with Crippen LogP contribution in [0, 0.1) is 11.7 Å². The number of anilines is 1. The molecule has 3 fully saturated rings. The first kappa shape index (κ1) is 31.1. The summed E-state index contributed by atoms with van der Waals surface area (Å²) in [6, 6.07) is 9.64. The lowest BCUT2D eigenvalue weighted by Gasteiger charge is -2.31. The number of hydrogen-bond acceptors (Lipinski definition) is 7. The first-order valence-electron chi connectivity index (χ1n) is 16.3. The van der Waals surface area contributed by atoms with Crippen LogP contribution in [-0.4, -0.2) is 63.4 Å². The predicted molar refractivity (Wildman–Crippen MR) is 166 cm³/mol. The summed E-state index contributed by atoms with van der Waals surface area (Å²) < 4.78 is 25.0. The highest BCUT2D eigenvalue weighted by Gasteiger charge is 2.59. The van der Waals surface area contributed by atoms with Crippen molar-refractivity contribution in [2.24, 2.45) is 5.92 Å². The van der Waals surface area contributed by atoms with Gasteiger partial charge in [0, 0.05) is 30.3 Å². The second kappa shape index (κ2) is 11.1. The number of carbonyl (C=O) groups excluding carboxylic acids is 5. The Kier molecular flexibility index (Phi) is 7.32. The van der Waals surface area contributed by atoms with Crippen LogP contribution in [0.25, 0.3) is 0 Å². The van der Waals surface area contributed by atoms with Gasteiger partial charge in [0.1, 0.15) is 23.5 Å². The number of ether oxygens (including phenoxy) is 2. The van der Waals surface area contributed by atoms with Gasteiger partial charge in [-0.3, -0.25) is 14.4 Å². The monoisotopic (exact) mass is 646 g/mol. The molecule has 0 bridgehead atoms. The van der Waals surface area contributed by atoms with Crippen LogP contribution in [0.5, 0.6) is 0 Å². The zero-order valence-corrected chi connectivity index (χ0v) is 26.8. The molecule has 2 saturated carbocycles. The molecular weight excluding hydrogens is 607 g/mol. The highest BCUT2D eigenvalue weighted by molar-refractivity contribution is 6.07. The third-order valence-corrected chi connectivity index (χ3v) is 9.94. The van der Waals surface area contributed by atoms with Gasteiger partial charge in [-0.25, -0.2) is 18.9 Å². The molecule has 1 saturated heterocycles. The lowest BCUT2D eigenvalue weighted by Crippen LogP contribution is -2.48. The van der Waals surface area contributed by atoms with Crippen molar-refractivity contribution < 1.29 is 37.8 Å². The second-order valence-corrected chi connectivity index (χ2v) is 14.5. The van der Waals surface area contributed by atoms with E-state index in [0.717, 1.165) is 34.4 Å². The summed E-state index contributed by atoms with van der Waals surface area (Å²) in [6.07, 6.45) is 3.44. The Bertz CT molecular complexity index is 1690. The molecule has 2 aromatic rings. The molecule has 1 spiro atoms. The van der Waals surface area contributed by atoms with E-state index in [1.54, 1.807) is 49.9 Å². The number of amides is 5. The molecule has 11 nitrogen and oxygen atoms in total. The molecule has 2 aromatic carbocycles. The van der Waals surface area contributed by atoms with E-state index in [1.165, 1.54) is 12.1 Å². The third-order valence-electron chi connectivity index (χ3n) is 9.94. The zero-order valence-electron chi connectivity index (χ0n) is 26.8. The molecule has 248 valence electrons. The van der Waals surface area contributed by atoms with Crippen molar-refractivity contribution in [1.82, 2.24) is 15.1 Å². The van der Waals surface area contributed by atoms with Gasteiger partial charge in [0.15, 0.2) is 0 Å². The number of aryl methyl sites for hydroxylation is 2. The first-order valence-corrected chi connectivity index (χ1v) is 16.3. The van der Waals surface area contributed by atoms with Crippen LogP contribution >= 0.6 is 0 Å². The molecule has 47 heavy (non-hydrogen) atoms. The van der Waals surface area contributed by atoms with E-state index >= 15 is 0 Å². The Morgan fingerprint density at radius 1 is 0.979 bits per heavy atom. The molecule has 5 amide bonds. The van der Waals surface area contributed by atoms with Crippen LogP contribution < -0.4 is 10.6 Å². The van der Waals surface area contributed by atoms with Crippen molar-refractivity contribution in [3.05, 3.63) is 64.5 Å².